The molecular formula is C11H11BrN2O2. The summed E-state index contributed by atoms with van der Waals surface area (Å²) in [4.78, 5) is 4.35. The molecule has 0 aromatic carbocycles. The lowest BCUT2D eigenvalue weighted by Gasteiger charge is -2.20. The summed E-state index contributed by atoms with van der Waals surface area (Å²) in [7, 11) is 0. The topological polar surface area (TPSA) is 51.2 Å². The number of halogens is 1. The van der Waals surface area contributed by atoms with E-state index < -0.39 is 0 Å². The zero-order chi connectivity index (χ0) is 11.1. The number of aromatic nitrogens is 2. The normalized spacial score (nSPS) is 19.8. The fraction of sp³-hybridized carbons (Fsp3) is 0.364. The number of fused-ring (bicyclic) bond motifs is 1. The number of furan rings is 1. The number of hydrogen-bond acceptors (Lipinski definition) is 3. The van der Waals surface area contributed by atoms with Gasteiger partial charge in [-0.3, -0.25) is 0 Å². The Balaban J connectivity index is 2.06. The van der Waals surface area contributed by atoms with E-state index in [1.807, 2.05) is 22.9 Å². The van der Waals surface area contributed by atoms with Crippen LogP contribution in [0.2, 0.25) is 0 Å². The Hall–Kier alpha value is -1.07. The number of hydrogen-bond donors (Lipinski definition) is 1. The van der Waals surface area contributed by atoms with Gasteiger partial charge in [-0.15, -0.1) is 0 Å². The van der Waals surface area contributed by atoms with Gasteiger partial charge in [0.05, 0.1) is 12.6 Å². The number of aliphatic hydroxyl groups excluding tert-OH is 1. The summed E-state index contributed by atoms with van der Waals surface area (Å²) < 4.78 is 8.20. The Morgan fingerprint density at radius 2 is 2.38 bits per heavy atom. The summed E-state index contributed by atoms with van der Waals surface area (Å²) in [6.45, 7) is 0.600. The fourth-order valence-corrected chi connectivity index (χ4v) is 2.37. The van der Waals surface area contributed by atoms with Crippen molar-refractivity contribution in [3.05, 3.63) is 28.7 Å². The van der Waals surface area contributed by atoms with E-state index in [0.717, 1.165) is 30.1 Å². The zero-order valence-electron chi connectivity index (χ0n) is 8.56. The van der Waals surface area contributed by atoms with E-state index in [-0.39, 0.29) is 6.10 Å². The summed E-state index contributed by atoms with van der Waals surface area (Å²) in [6.07, 6.45) is 3.26. The molecule has 4 nitrogen and oxygen atoms in total. The second-order valence-corrected chi connectivity index (χ2v) is 4.76. The van der Waals surface area contributed by atoms with Gasteiger partial charge in [0.2, 0.25) is 0 Å². The first-order valence-electron chi connectivity index (χ1n) is 5.22. The van der Waals surface area contributed by atoms with Crippen molar-refractivity contribution in [1.82, 2.24) is 9.55 Å². The molecule has 0 saturated carbocycles. The molecule has 1 unspecified atom stereocenters. The maximum atomic E-state index is 9.66. The van der Waals surface area contributed by atoms with Crippen LogP contribution in [0.3, 0.4) is 0 Å². The Morgan fingerprint density at radius 3 is 3.12 bits per heavy atom. The predicted molar refractivity (Wildman–Crippen MR) is 62.0 cm³/mol. The van der Waals surface area contributed by atoms with Crippen LogP contribution in [0.15, 0.2) is 27.4 Å². The molecule has 0 bridgehead atoms. The molecule has 16 heavy (non-hydrogen) atoms. The van der Waals surface area contributed by atoms with Crippen molar-refractivity contribution in [3.63, 3.8) is 0 Å². The smallest absolute Gasteiger partial charge is 0.176 e. The van der Waals surface area contributed by atoms with Crippen molar-refractivity contribution in [3.8, 4) is 11.6 Å². The monoisotopic (exact) mass is 282 g/mol. The van der Waals surface area contributed by atoms with E-state index in [1.54, 1.807) is 0 Å². The standard InChI is InChI=1S/C11H11BrN2O2/c12-10-4-3-9(16-10)11-13-5-7-1-2-8(15)6-14(7)11/h3-5,8,15H,1-2,6H2. The van der Waals surface area contributed by atoms with Crippen molar-refractivity contribution >= 4 is 15.9 Å². The summed E-state index contributed by atoms with van der Waals surface area (Å²) in [5, 5.41) is 9.66. The highest BCUT2D eigenvalue weighted by molar-refractivity contribution is 9.10. The van der Waals surface area contributed by atoms with Crippen molar-refractivity contribution < 1.29 is 9.52 Å². The van der Waals surface area contributed by atoms with Crippen LogP contribution in [-0.4, -0.2) is 20.8 Å². The van der Waals surface area contributed by atoms with E-state index in [4.69, 9.17) is 4.42 Å². The Labute approximate surface area is 101 Å². The van der Waals surface area contributed by atoms with Gasteiger partial charge in [-0.2, -0.15) is 0 Å². The Bertz CT molecular complexity index is 518. The van der Waals surface area contributed by atoms with Gasteiger partial charge in [0, 0.05) is 11.9 Å². The predicted octanol–water partition coefficient (Wildman–Crippen LogP) is 2.21. The molecule has 5 heteroatoms. The lowest BCUT2D eigenvalue weighted by Crippen LogP contribution is -2.24. The van der Waals surface area contributed by atoms with Crippen molar-refractivity contribution in [2.24, 2.45) is 0 Å². The van der Waals surface area contributed by atoms with Crippen LogP contribution in [0, 0.1) is 0 Å². The van der Waals surface area contributed by atoms with Gasteiger partial charge in [0.15, 0.2) is 16.3 Å². The molecule has 1 aliphatic heterocycles. The molecule has 0 aliphatic carbocycles. The van der Waals surface area contributed by atoms with Gasteiger partial charge < -0.3 is 14.1 Å². The summed E-state index contributed by atoms with van der Waals surface area (Å²) in [6, 6.07) is 3.72. The van der Waals surface area contributed by atoms with Crippen molar-refractivity contribution in [2.75, 3.05) is 0 Å². The third-order valence-electron chi connectivity index (χ3n) is 2.86. The van der Waals surface area contributed by atoms with Crippen LogP contribution in [0.5, 0.6) is 0 Å². The number of imidazole rings is 1. The van der Waals surface area contributed by atoms with Crippen molar-refractivity contribution in [2.45, 2.75) is 25.5 Å². The number of nitrogens with zero attached hydrogens (tertiary/aromatic N) is 2. The third-order valence-corrected chi connectivity index (χ3v) is 3.29. The van der Waals surface area contributed by atoms with Gasteiger partial charge in [0.1, 0.15) is 0 Å². The molecule has 0 radical (unpaired) electrons. The van der Waals surface area contributed by atoms with Gasteiger partial charge in [-0.05, 0) is 40.9 Å². The average Bonchev–Trinajstić information content (AvgIpc) is 2.83. The van der Waals surface area contributed by atoms with Gasteiger partial charge >= 0.3 is 0 Å². The molecule has 0 fully saturated rings. The first kappa shape index (κ1) is 10.1. The van der Waals surface area contributed by atoms with Crippen LogP contribution < -0.4 is 0 Å². The van der Waals surface area contributed by atoms with E-state index in [2.05, 4.69) is 20.9 Å². The highest BCUT2D eigenvalue weighted by Crippen LogP contribution is 2.27. The van der Waals surface area contributed by atoms with E-state index in [0.29, 0.717) is 11.2 Å². The first-order valence-corrected chi connectivity index (χ1v) is 6.01. The fourth-order valence-electron chi connectivity index (χ4n) is 2.06. The molecule has 2 aromatic heterocycles. The first-order chi connectivity index (χ1) is 7.74. The highest BCUT2D eigenvalue weighted by atomic mass is 79.9. The number of aryl methyl sites for hydroxylation is 1. The van der Waals surface area contributed by atoms with E-state index in [9.17, 15) is 5.11 Å². The quantitative estimate of drug-likeness (QED) is 0.873. The molecule has 3 heterocycles. The van der Waals surface area contributed by atoms with Gasteiger partial charge in [-0.1, -0.05) is 0 Å². The van der Waals surface area contributed by atoms with E-state index in [1.165, 1.54) is 0 Å². The number of rotatable bonds is 1. The number of aliphatic hydroxyl groups is 1. The van der Waals surface area contributed by atoms with Crippen LogP contribution in [0.25, 0.3) is 11.6 Å². The maximum absolute atomic E-state index is 9.66. The molecule has 1 aliphatic rings. The molecule has 1 atom stereocenters. The molecule has 2 aromatic rings. The minimum Gasteiger partial charge on any atom is -0.446 e. The van der Waals surface area contributed by atoms with Crippen LogP contribution in [0.4, 0.5) is 0 Å². The highest BCUT2D eigenvalue weighted by Gasteiger charge is 2.21. The van der Waals surface area contributed by atoms with Gasteiger partial charge in [0.25, 0.3) is 0 Å². The molecule has 0 amide bonds. The van der Waals surface area contributed by atoms with Gasteiger partial charge in [-0.25, -0.2) is 4.98 Å². The molecule has 84 valence electrons. The Kier molecular flexibility index (Phi) is 2.37. The minimum absolute atomic E-state index is 0.279. The maximum Gasteiger partial charge on any atom is 0.176 e. The van der Waals surface area contributed by atoms with Crippen molar-refractivity contribution in [1.29, 1.82) is 0 Å². The average molecular weight is 283 g/mol. The van der Waals surface area contributed by atoms with Crippen LogP contribution >= 0.6 is 15.9 Å². The second-order valence-electron chi connectivity index (χ2n) is 3.98. The van der Waals surface area contributed by atoms with Crippen LogP contribution in [-0.2, 0) is 13.0 Å². The second kappa shape index (κ2) is 3.75. The minimum atomic E-state index is -0.279. The Morgan fingerprint density at radius 1 is 1.50 bits per heavy atom. The third kappa shape index (κ3) is 1.60. The summed E-state index contributed by atoms with van der Waals surface area (Å²) in [5.74, 6) is 1.52. The SMILES string of the molecule is OC1CCc2cnc(-c3ccc(Br)o3)n2C1. The molecule has 0 spiro atoms. The molecule has 1 N–H and O–H groups in total. The molecule has 0 saturated heterocycles. The van der Waals surface area contributed by atoms with E-state index >= 15 is 0 Å². The van der Waals surface area contributed by atoms with Crippen LogP contribution in [0.1, 0.15) is 12.1 Å². The molecular weight excluding hydrogens is 272 g/mol. The zero-order valence-corrected chi connectivity index (χ0v) is 10.1. The summed E-state index contributed by atoms with van der Waals surface area (Å²) in [5.41, 5.74) is 1.16. The molecule has 3 rings (SSSR count). The largest absolute Gasteiger partial charge is 0.446 e. The lowest BCUT2D eigenvalue weighted by atomic mass is 10.1. The summed E-state index contributed by atoms with van der Waals surface area (Å²) >= 11 is 3.27. The lowest BCUT2D eigenvalue weighted by molar-refractivity contribution is 0.132.